The SMILES string of the molecule is CC/C=C\C/C=C\C/C=C\CCCCCCCC(=O)OC=C(C)C(=O)O. The molecule has 0 aromatic rings. The van der Waals surface area contributed by atoms with E-state index in [0.717, 1.165) is 57.6 Å². The van der Waals surface area contributed by atoms with Crippen molar-refractivity contribution in [3.05, 3.63) is 48.3 Å². The van der Waals surface area contributed by atoms with Crippen molar-refractivity contribution in [1.82, 2.24) is 0 Å². The summed E-state index contributed by atoms with van der Waals surface area (Å²) in [7, 11) is 0. The van der Waals surface area contributed by atoms with Crippen molar-refractivity contribution in [3.8, 4) is 0 Å². The standard InChI is InChI=1S/C22H34O4/c1-3-4-5-6-7-8-9-10-11-12-13-14-15-16-17-18-21(23)26-19-20(2)22(24)25/h4-5,7-8,10-11,19H,3,6,9,12-18H2,1-2H3,(H,24,25)/b5-4-,8-7-,11-10-,20-19?. The molecule has 0 atom stereocenters. The molecule has 0 aromatic carbocycles. The van der Waals surface area contributed by atoms with Gasteiger partial charge in [0, 0.05) is 6.42 Å². The first-order valence-corrected chi connectivity index (χ1v) is 9.62. The van der Waals surface area contributed by atoms with Crippen LogP contribution >= 0.6 is 0 Å². The van der Waals surface area contributed by atoms with Gasteiger partial charge in [-0.05, 0) is 45.4 Å². The van der Waals surface area contributed by atoms with Gasteiger partial charge in [0.25, 0.3) is 0 Å². The third-order valence-electron chi connectivity index (χ3n) is 3.74. The van der Waals surface area contributed by atoms with E-state index < -0.39 is 5.97 Å². The Bertz CT molecular complexity index is 498. The number of carbonyl (C=O) groups excluding carboxylic acids is 1. The molecule has 0 saturated carbocycles. The quantitative estimate of drug-likeness (QED) is 0.125. The Balaban J connectivity index is 3.47. The van der Waals surface area contributed by atoms with E-state index in [0.29, 0.717) is 6.42 Å². The molecule has 4 nitrogen and oxygen atoms in total. The number of hydrogen-bond acceptors (Lipinski definition) is 3. The van der Waals surface area contributed by atoms with Crippen LogP contribution in [0.3, 0.4) is 0 Å². The maximum Gasteiger partial charge on any atom is 0.334 e. The zero-order chi connectivity index (χ0) is 19.5. The molecule has 1 N–H and O–H groups in total. The van der Waals surface area contributed by atoms with Crippen LogP contribution in [0.4, 0.5) is 0 Å². The molecule has 0 fully saturated rings. The Labute approximate surface area is 158 Å². The first-order valence-electron chi connectivity index (χ1n) is 9.62. The van der Waals surface area contributed by atoms with Gasteiger partial charge in [-0.2, -0.15) is 0 Å². The number of rotatable bonds is 15. The van der Waals surface area contributed by atoms with E-state index in [-0.39, 0.29) is 11.5 Å². The van der Waals surface area contributed by atoms with Crippen LogP contribution in [0.15, 0.2) is 48.3 Å². The number of carbonyl (C=O) groups is 2. The van der Waals surface area contributed by atoms with Crippen molar-refractivity contribution in [2.24, 2.45) is 0 Å². The summed E-state index contributed by atoms with van der Waals surface area (Å²) < 4.78 is 4.78. The minimum absolute atomic E-state index is 0.0234. The first kappa shape index (κ1) is 23.9. The molecular formula is C22H34O4. The summed E-state index contributed by atoms with van der Waals surface area (Å²) in [5.74, 6) is -1.45. The van der Waals surface area contributed by atoms with Gasteiger partial charge in [0.2, 0.25) is 0 Å². The van der Waals surface area contributed by atoms with Crippen LogP contribution in [0.1, 0.15) is 78.1 Å². The summed E-state index contributed by atoms with van der Waals surface area (Å²) in [6.45, 7) is 3.53. The molecule has 26 heavy (non-hydrogen) atoms. The van der Waals surface area contributed by atoms with Gasteiger partial charge in [-0.1, -0.05) is 62.6 Å². The highest BCUT2D eigenvalue weighted by Gasteiger charge is 2.04. The van der Waals surface area contributed by atoms with E-state index in [1.165, 1.54) is 13.3 Å². The summed E-state index contributed by atoms with van der Waals surface area (Å²) in [6.07, 6.45) is 24.0. The van der Waals surface area contributed by atoms with Gasteiger partial charge in [0.05, 0.1) is 5.57 Å². The van der Waals surface area contributed by atoms with Gasteiger partial charge in [-0.3, -0.25) is 4.79 Å². The summed E-state index contributed by atoms with van der Waals surface area (Å²) in [5, 5.41) is 8.64. The van der Waals surface area contributed by atoms with Crippen LogP contribution in [-0.2, 0) is 14.3 Å². The van der Waals surface area contributed by atoms with Crippen molar-refractivity contribution >= 4 is 11.9 Å². The molecule has 0 amide bonds. The first-order chi connectivity index (χ1) is 12.6. The maximum atomic E-state index is 11.4. The molecule has 0 unspecified atom stereocenters. The smallest absolute Gasteiger partial charge is 0.334 e. The summed E-state index contributed by atoms with van der Waals surface area (Å²) in [6, 6.07) is 0. The monoisotopic (exact) mass is 362 g/mol. The van der Waals surface area contributed by atoms with Crippen LogP contribution in [0.2, 0.25) is 0 Å². The van der Waals surface area contributed by atoms with Crippen molar-refractivity contribution in [3.63, 3.8) is 0 Å². The average molecular weight is 363 g/mol. The zero-order valence-electron chi connectivity index (χ0n) is 16.3. The number of hydrogen-bond donors (Lipinski definition) is 1. The predicted octanol–water partition coefficient (Wildman–Crippen LogP) is 6.11. The minimum atomic E-state index is -1.08. The molecule has 146 valence electrons. The molecule has 0 radical (unpaired) electrons. The fourth-order valence-electron chi connectivity index (χ4n) is 2.15. The highest BCUT2D eigenvalue weighted by molar-refractivity contribution is 5.85. The molecule has 0 aromatic heterocycles. The number of carboxylic acids is 1. The van der Waals surface area contributed by atoms with Crippen LogP contribution in [0.5, 0.6) is 0 Å². The van der Waals surface area contributed by atoms with Crippen molar-refractivity contribution < 1.29 is 19.4 Å². The Kier molecular flexibility index (Phi) is 16.3. The van der Waals surface area contributed by atoms with Crippen molar-refractivity contribution in [1.29, 1.82) is 0 Å². The van der Waals surface area contributed by atoms with Crippen molar-refractivity contribution in [2.45, 2.75) is 78.1 Å². The lowest BCUT2D eigenvalue weighted by Gasteiger charge is -2.01. The Hall–Kier alpha value is -2.10. The van der Waals surface area contributed by atoms with Crippen molar-refractivity contribution in [2.75, 3.05) is 0 Å². The van der Waals surface area contributed by atoms with Gasteiger partial charge in [-0.15, -0.1) is 0 Å². The lowest BCUT2D eigenvalue weighted by molar-refractivity contribution is -0.138. The predicted molar refractivity (Wildman–Crippen MR) is 107 cm³/mol. The second kappa shape index (κ2) is 17.7. The molecule has 0 saturated heterocycles. The summed E-state index contributed by atoms with van der Waals surface area (Å²) in [4.78, 5) is 22.0. The lowest BCUT2D eigenvalue weighted by Crippen LogP contribution is -2.02. The molecule has 0 rings (SSSR count). The van der Waals surface area contributed by atoms with Crippen LogP contribution in [-0.4, -0.2) is 17.0 Å². The molecule has 0 aliphatic rings. The van der Waals surface area contributed by atoms with Gasteiger partial charge in [0.15, 0.2) is 0 Å². The summed E-state index contributed by atoms with van der Waals surface area (Å²) >= 11 is 0. The molecule has 0 spiro atoms. The van der Waals surface area contributed by atoms with E-state index in [2.05, 4.69) is 43.4 Å². The normalized spacial score (nSPS) is 12.5. The van der Waals surface area contributed by atoms with Crippen LogP contribution in [0.25, 0.3) is 0 Å². The number of ether oxygens (including phenoxy) is 1. The fourth-order valence-corrected chi connectivity index (χ4v) is 2.15. The molecule has 0 aliphatic heterocycles. The van der Waals surface area contributed by atoms with E-state index in [1.807, 2.05) is 0 Å². The average Bonchev–Trinajstić information content (AvgIpc) is 2.62. The number of aliphatic carboxylic acids is 1. The number of unbranched alkanes of at least 4 members (excludes halogenated alkanes) is 5. The zero-order valence-corrected chi connectivity index (χ0v) is 16.3. The van der Waals surface area contributed by atoms with E-state index in [9.17, 15) is 9.59 Å². The van der Waals surface area contributed by atoms with Gasteiger partial charge in [0.1, 0.15) is 6.26 Å². The number of carboxylic acid groups (broad SMARTS) is 1. The third-order valence-corrected chi connectivity index (χ3v) is 3.74. The molecule has 4 heteroatoms. The molecular weight excluding hydrogens is 328 g/mol. The third kappa shape index (κ3) is 16.7. The van der Waals surface area contributed by atoms with Gasteiger partial charge in [-0.25, -0.2) is 4.79 Å². The molecule has 0 aliphatic carbocycles. The largest absolute Gasteiger partial charge is 0.478 e. The van der Waals surface area contributed by atoms with Gasteiger partial charge >= 0.3 is 11.9 Å². The second-order valence-corrected chi connectivity index (χ2v) is 6.20. The maximum absolute atomic E-state index is 11.4. The lowest BCUT2D eigenvalue weighted by atomic mass is 10.1. The van der Waals surface area contributed by atoms with E-state index in [4.69, 9.17) is 9.84 Å². The number of allylic oxidation sites excluding steroid dienone is 6. The van der Waals surface area contributed by atoms with E-state index in [1.54, 1.807) is 0 Å². The van der Waals surface area contributed by atoms with Gasteiger partial charge < -0.3 is 9.84 Å². The fraction of sp³-hybridized carbons (Fsp3) is 0.545. The molecule has 0 bridgehead atoms. The molecule has 0 heterocycles. The Morgan fingerprint density at radius 1 is 0.846 bits per heavy atom. The topological polar surface area (TPSA) is 63.6 Å². The Morgan fingerprint density at radius 3 is 2.08 bits per heavy atom. The second-order valence-electron chi connectivity index (χ2n) is 6.20. The number of esters is 1. The Morgan fingerprint density at radius 2 is 1.42 bits per heavy atom. The van der Waals surface area contributed by atoms with E-state index >= 15 is 0 Å². The minimum Gasteiger partial charge on any atom is -0.478 e. The summed E-state index contributed by atoms with van der Waals surface area (Å²) in [5.41, 5.74) is 0.0234. The van der Waals surface area contributed by atoms with Crippen LogP contribution < -0.4 is 0 Å². The highest BCUT2D eigenvalue weighted by Crippen LogP contribution is 2.09. The highest BCUT2D eigenvalue weighted by atomic mass is 16.5. The van der Waals surface area contributed by atoms with Crippen LogP contribution in [0, 0.1) is 0 Å².